The number of ether oxygens (including phenoxy) is 2. The van der Waals surface area contributed by atoms with Crippen molar-refractivity contribution in [1.29, 1.82) is 0 Å². The molecule has 0 N–H and O–H groups in total. The van der Waals surface area contributed by atoms with E-state index in [1.54, 1.807) is 0 Å². The second kappa shape index (κ2) is 3.59. The van der Waals surface area contributed by atoms with Crippen LogP contribution >= 0.6 is 0 Å². The molecular weight excluding hydrogens is 220 g/mol. The lowest BCUT2D eigenvalue weighted by molar-refractivity contribution is -0.154. The fraction of sp³-hybridized carbons (Fsp3) is 0.692. The zero-order chi connectivity index (χ0) is 12.0. The van der Waals surface area contributed by atoms with E-state index in [0.29, 0.717) is 6.42 Å². The van der Waals surface area contributed by atoms with Crippen molar-refractivity contribution in [2.45, 2.75) is 44.6 Å². The molecule has 0 amide bonds. The third kappa shape index (κ3) is 1.36. The Hall–Kier alpha value is -1.32. The molecule has 17 heavy (non-hydrogen) atoms. The largest absolute Gasteiger partial charge is 0.468 e. The van der Waals surface area contributed by atoms with Gasteiger partial charge in [0.1, 0.15) is 11.5 Å². The quantitative estimate of drug-likeness (QED) is 0.514. The summed E-state index contributed by atoms with van der Waals surface area (Å²) in [4.78, 5) is 23.5. The van der Waals surface area contributed by atoms with Crippen LogP contribution in [0.15, 0.2) is 11.1 Å². The molecule has 2 aliphatic carbocycles. The predicted molar refractivity (Wildman–Crippen MR) is 59.1 cm³/mol. The summed E-state index contributed by atoms with van der Waals surface area (Å²) in [6.45, 7) is 0. The van der Waals surface area contributed by atoms with Gasteiger partial charge >= 0.3 is 11.9 Å². The molecule has 2 unspecified atom stereocenters. The van der Waals surface area contributed by atoms with Crippen LogP contribution in [0.25, 0.3) is 0 Å². The molecule has 0 saturated carbocycles. The van der Waals surface area contributed by atoms with Crippen LogP contribution in [0.5, 0.6) is 0 Å². The van der Waals surface area contributed by atoms with Crippen molar-refractivity contribution >= 4 is 11.9 Å². The first-order chi connectivity index (χ1) is 8.17. The number of carbonyl (C=O) groups is 2. The van der Waals surface area contributed by atoms with Gasteiger partial charge < -0.3 is 9.47 Å². The van der Waals surface area contributed by atoms with Gasteiger partial charge in [0, 0.05) is 0 Å². The maximum Gasteiger partial charge on any atom is 0.316 e. The third-order valence-corrected chi connectivity index (χ3v) is 4.28. The number of hydrogen-bond acceptors (Lipinski definition) is 4. The maximum atomic E-state index is 12.0. The van der Waals surface area contributed by atoms with E-state index in [1.165, 1.54) is 24.7 Å². The highest BCUT2D eigenvalue weighted by Gasteiger charge is 2.61. The normalized spacial score (nSPS) is 35.4. The number of fused-ring (bicyclic) bond motifs is 2. The molecule has 0 radical (unpaired) electrons. The van der Waals surface area contributed by atoms with Crippen LogP contribution in [0.4, 0.5) is 0 Å². The smallest absolute Gasteiger partial charge is 0.316 e. The Labute approximate surface area is 100.0 Å². The number of rotatable bonds is 1. The van der Waals surface area contributed by atoms with Crippen molar-refractivity contribution in [3.05, 3.63) is 11.1 Å². The van der Waals surface area contributed by atoms with Crippen LogP contribution in [-0.4, -0.2) is 25.2 Å². The van der Waals surface area contributed by atoms with Gasteiger partial charge in [-0.1, -0.05) is 5.57 Å². The van der Waals surface area contributed by atoms with Crippen molar-refractivity contribution in [2.24, 2.45) is 5.41 Å². The van der Waals surface area contributed by atoms with Gasteiger partial charge in [-0.25, -0.2) is 0 Å². The molecule has 1 fully saturated rings. The van der Waals surface area contributed by atoms with E-state index in [2.05, 4.69) is 0 Å². The van der Waals surface area contributed by atoms with E-state index >= 15 is 0 Å². The van der Waals surface area contributed by atoms with Crippen LogP contribution < -0.4 is 0 Å². The Morgan fingerprint density at radius 1 is 1.35 bits per heavy atom. The Bertz CT molecular complexity index is 423. The van der Waals surface area contributed by atoms with Gasteiger partial charge in [0.2, 0.25) is 0 Å². The van der Waals surface area contributed by atoms with E-state index < -0.39 is 5.41 Å². The molecule has 3 aliphatic rings. The summed E-state index contributed by atoms with van der Waals surface area (Å²) in [5.41, 5.74) is 1.80. The van der Waals surface area contributed by atoms with E-state index in [9.17, 15) is 9.59 Å². The maximum absolute atomic E-state index is 12.0. The molecule has 2 atom stereocenters. The van der Waals surface area contributed by atoms with Crippen molar-refractivity contribution < 1.29 is 19.1 Å². The standard InChI is InChI=1S/C13H16O4/c1-16-12(15)13-6-8-4-2-3-5-9(8)11(13)17-10(14)7-13/h11H,2-7H2,1H3. The van der Waals surface area contributed by atoms with Crippen molar-refractivity contribution in [1.82, 2.24) is 0 Å². The van der Waals surface area contributed by atoms with Gasteiger partial charge in [-0.15, -0.1) is 0 Å². The van der Waals surface area contributed by atoms with Gasteiger partial charge in [0.15, 0.2) is 0 Å². The summed E-state index contributed by atoms with van der Waals surface area (Å²) in [5, 5.41) is 0. The molecule has 0 aromatic rings. The molecule has 4 nitrogen and oxygen atoms in total. The highest BCUT2D eigenvalue weighted by atomic mass is 16.6. The van der Waals surface area contributed by atoms with Crippen molar-refractivity contribution in [3.8, 4) is 0 Å². The van der Waals surface area contributed by atoms with Crippen LogP contribution in [0.2, 0.25) is 0 Å². The summed E-state index contributed by atoms with van der Waals surface area (Å²) in [5.74, 6) is -0.555. The van der Waals surface area contributed by atoms with Crippen LogP contribution in [0.3, 0.4) is 0 Å². The average molecular weight is 236 g/mol. The van der Waals surface area contributed by atoms with Gasteiger partial charge in [-0.2, -0.15) is 0 Å². The molecule has 1 saturated heterocycles. The lowest BCUT2D eigenvalue weighted by atomic mass is 9.80. The Balaban J connectivity index is 2.00. The SMILES string of the molecule is COC(=O)C12CC(=O)OC1C1=C(CCCC1)C2. The topological polar surface area (TPSA) is 52.6 Å². The van der Waals surface area contributed by atoms with Crippen molar-refractivity contribution in [2.75, 3.05) is 7.11 Å². The molecule has 0 aromatic carbocycles. The number of esters is 2. The summed E-state index contributed by atoms with van der Waals surface area (Å²) in [6.07, 6.45) is 4.82. The lowest BCUT2D eigenvalue weighted by Crippen LogP contribution is -2.37. The zero-order valence-electron chi connectivity index (χ0n) is 9.95. The van der Waals surface area contributed by atoms with Crippen LogP contribution in [-0.2, 0) is 19.1 Å². The van der Waals surface area contributed by atoms with Crippen LogP contribution in [0, 0.1) is 5.41 Å². The molecule has 1 aliphatic heterocycles. The van der Waals surface area contributed by atoms with Gasteiger partial charge in [0.05, 0.1) is 13.5 Å². The Kier molecular flexibility index (Phi) is 2.28. The number of hydrogen-bond donors (Lipinski definition) is 0. The minimum absolute atomic E-state index is 0.178. The number of allylic oxidation sites excluding steroid dienone is 1. The lowest BCUT2D eigenvalue weighted by Gasteiger charge is -2.24. The van der Waals surface area contributed by atoms with Crippen molar-refractivity contribution in [3.63, 3.8) is 0 Å². The first kappa shape index (κ1) is 10.8. The molecule has 4 heteroatoms. The highest BCUT2D eigenvalue weighted by molar-refractivity contribution is 5.89. The molecule has 0 aromatic heterocycles. The minimum atomic E-state index is -0.735. The Morgan fingerprint density at radius 2 is 2.12 bits per heavy atom. The van der Waals surface area contributed by atoms with Gasteiger partial charge in [-0.3, -0.25) is 9.59 Å². The fourth-order valence-corrected chi connectivity index (χ4v) is 3.54. The molecular formula is C13H16O4. The minimum Gasteiger partial charge on any atom is -0.468 e. The zero-order valence-corrected chi connectivity index (χ0v) is 9.95. The summed E-state index contributed by atoms with van der Waals surface area (Å²) in [6, 6.07) is 0. The summed E-state index contributed by atoms with van der Waals surface area (Å²) < 4.78 is 10.3. The Morgan fingerprint density at radius 3 is 2.88 bits per heavy atom. The molecule has 92 valence electrons. The first-order valence-corrected chi connectivity index (χ1v) is 6.16. The van der Waals surface area contributed by atoms with Crippen LogP contribution in [0.1, 0.15) is 38.5 Å². The molecule has 1 heterocycles. The molecule has 0 spiro atoms. The fourth-order valence-electron chi connectivity index (χ4n) is 3.54. The monoisotopic (exact) mass is 236 g/mol. The van der Waals surface area contributed by atoms with E-state index in [0.717, 1.165) is 19.3 Å². The molecule has 3 rings (SSSR count). The second-order valence-electron chi connectivity index (χ2n) is 5.21. The number of methoxy groups -OCH3 is 1. The second-order valence-corrected chi connectivity index (χ2v) is 5.21. The number of carbonyl (C=O) groups excluding carboxylic acids is 2. The average Bonchev–Trinajstić information content (AvgIpc) is 2.80. The van der Waals surface area contributed by atoms with E-state index in [4.69, 9.17) is 9.47 Å². The first-order valence-electron chi connectivity index (χ1n) is 6.16. The summed E-state index contributed by atoms with van der Waals surface area (Å²) in [7, 11) is 1.38. The predicted octanol–water partition coefficient (Wildman–Crippen LogP) is 1.74. The third-order valence-electron chi connectivity index (χ3n) is 4.28. The van der Waals surface area contributed by atoms with Gasteiger partial charge in [0.25, 0.3) is 0 Å². The van der Waals surface area contributed by atoms with Gasteiger partial charge in [-0.05, 0) is 37.7 Å². The van der Waals surface area contributed by atoms with E-state index in [1.807, 2.05) is 0 Å². The van der Waals surface area contributed by atoms with E-state index in [-0.39, 0.29) is 24.5 Å². The molecule has 0 bridgehead atoms. The highest BCUT2D eigenvalue weighted by Crippen LogP contribution is 2.54. The summed E-state index contributed by atoms with van der Waals surface area (Å²) >= 11 is 0.